The summed E-state index contributed by atoms with van der Waals surface area (Å²) in [6.07, 6.45) is 0.448. The summed E-state index contributed by atoms with van der Waals surface area (Å²) >= 11 is 4.95. The number of rotatable bonds is 5. The van der Waals surface area contributed by atoms with E-state index in [1.165, 1.54) is 7.11 Å². The molecule has 0 saturated carbocycles. The Kier molecular flexibility index (Phi) is 5.81. The van der Waals surface area contributed by atoms with Gasteiger partial charge in [0.05, 0.1) is 17.4 Å². The fraction of sp³-hybridized carbons (Fsp3) is 0.500. The van der Waals surface area contributed by atoms with Crippen molar-refractivity contribution in [1.82, 2.24) is 4.90 Å². The van der Waals surface area contributed by atoms with Crippen LogP contribution < -0.4 is 0 Å². The predicted molar refractivity (Wildman–Crippen MR) is 74.3 cm³/mol. The SMILES string of the molecule is CCC(C(=O)OC)C(=O)N(C)Cc1ccc(Br)s1. The van der Waals surface area contributed by atoms with Gasteiger partial charge in [-0.25, -0.2) is 0 Å². The Labute approximate surface area is 119 Å². The number of methoxy groups -OCH3 is 1. The van der Waals surface area contributed by atoms with Crippen molar-refractivity contribution in [1.29, 1.82) is 0 Å². The third-order valence-corrected chi connectivity index (χ3v) is 4.20. The number of carbonyl (C=O) groups is 2. The second kappa shape index (κ2) is 6.89. The maximum Gasteiger partial charge on any atom is 0.318 e. The largest absolute Gasteiger partial charge is 0.468 e. The highest BCUT2D eigenvalue weighted by Gasteiger charge is 2.28. The molecule has 0 aliphatic carbocycles. The van der Waals surface area contributed by atoms with Crippen molar-refractivity contribution in [2.75, 3.05) is 14.2 Å². The van der Waals surface area contributed by atoms with Gasteiger partial charge in [-0.3, -0.25) is 9.59 Å². The van der Waals surface area contributed by atoms with Crippen LogP contribution in [0.3, 0.4) is 0 Å². The molecule has 6 heteroatoms. The van der Waals surface area contributed by atoms with E-state index in [1.807, 2.05) is 12.1 Å². The minimum absolute atomic E-state index is 0.200. The van der Waals surface area contributed by atoms with E-state index in [2.05, 4.69) is 20.7 Å². The van der Waals surface area contributed by atoms with Crippen molar-refractivity contribution < 1.29 is 14.3 Å². The number of esters is 1. The molecule has 1 atom stereocenters. The first-order valence-electron chi connectivity index (χ1n) is 5.56. The summed E-state index contributed by atoms with van der Waals surface area (Å²) in [5.74, 6) is -1.38. The molecule has 4 nitrogen and oxygen atoms in total. The number of thiophene rings is 1. The van der Waals surface area contributed by atoms with Crippen LogP contribution in [0.1, 0.15) is 18.2 Å². The Morgan fingerprint density at radius 1 is 1.50 bits per heavy atom. The van der Waals surface area contributed by atoms with E-state index in [0.717, 1.165) is 8.66 Å². The molecule has 1 amide bonds. The third-order valence-electron chi connectivity index (χ3n) is 2.59. The monoisotopic (exact) mass is 333 g/mol. The Morgan fingerprint density at radius 2 is 2.17 bits per heavy atom. The summed E-state index contributed by atoms with van der Waals surface area (Å²) in [6.45, 7) is 2.30. The van der Waals surface area contributed by atoms with Gasteiger partial charge in [0.25, 0.3) is 0 Å². The molecule has 0 radical (unpaired) electrons. The minimum Gasteiger partial charge on any atom is -0.468 e. The van der Waals surface area contributed by atoms with Crippen LogP contribution in [0.4, 0.5) is 0 Å². The second-order valence-corrected chi connectivity index (χ2v) is 6.43. The van der Waals surface area contributed by atoms with Crippen LogP contribution >= 0.6 is 27.3 Å². The average molecular weight is 334 g/mol. The normalized spacial score (nSPS) is 12.0. The smallest absolute Gasteiger partial charge is 0.318 e. The summed E-state index contributed by atoms with van der Waals surface area (Å²) in [7, 11) is 3.00. The summed E-state index contributed by atoms with van der Waals surface area (Å²) in [4.78, 5) is 26.2. The highest BCUT2D eigenvalue weighted by Crippen LogP contribution is 2.23. The van der Waals surface area contributed by atoms with Gasteiger partial charge in [0.1, 0.15) is 5.92 Å². The van der Waals surface area contributed by atoms with E-state index in [0.29, 0.717) is 13.0 Å². The van der Waals surface area contributed by atoms with Crippen LogP contribution in [0.25, 0.3) is 0 Å². The molecule has 100 valence electrons. The summed E-state index contributed by atoms with van der Waals surface area (Å²) in [5, 5.41) is 0. The number of halogens is 1. The number of hydrogen-bond donors (Lipinski definition) is 0. The van der Waals surface area contributed by atoms with Crippen molar-refractivity contribution in [3.05, 3.63) is 20.8 Å². The quantitative estimate of drug-likeness (QED) is 0.614. The van der Waals surface area contributed by atoms with Gasteiger partial charge in [0, 0.05) is 11.9 Å². The lowest BCUT2D eigenvalue weighted by Gasteiger charge is -2.20. The first-order chi connectivity index (χ1) is 8.49. The van der Waals surface area contributed by atoms with Gasteiger partial charge >= 0.3 is 5.97 Å². The summed E-state index contributed by atoms with van der Waals surface area (Å²) in [6, 6.07) is 3.90. The molecule has 0 N–H and O–H groups in total. The van der Waals surface area contributed by atoms with Crippen molar-refractivity contribution in [2.45, 2.75) is 19.9 Å². The number of carbonyl (C=O) groups excluding carboxylic acids is 2. The van der Waals surface area contributed by atoms with E-state index < -0.39 is 11.9 Å². The number of amides is 1. The van der Waals surface area contributed by atoms with E-state index in [4.69, 9.17) is 0 Å². The van der Waals surface area contributed by atoms with Crippen LogP contribution in [0, 0.1) is 5.92 Å². The van der Waals surface area contributed by atoms with Crippen molar-refractivity contribution in [3.8, 4) is 0 Å². The Hall–Kier alpha value is -0.880. The fourth-order valence-corrected chi connectivity index (χ4v) is 3.14. The molecular formula is C12H16BrNO3S. The zero-order valence-corrected chi connectivity index (χ0v) is 13.0. The summed E-state index contributed by atoms with van der Waals surface area (Å²) < 4.78 is 5.66. The standard InChI is InChI=1S/C12H16BrNO3S/c1-4-9(12(16)17-3)11(15)14(2)7-8-5-6-10(13)18-8/h5-6,9H,4,7H2,1-3H3. The van der Waals surface area contributed by atoms with E-state index in [1.54, 1.807) is 30.2 Å². The van der Waals surface area contributed by atoms with Gasteiger partial charge in [0.2, 0.25) is 5.91 Å². The first-order valence-corrected chi connectivity index (χ1v) is 7.17. The Balaban J connectivity index is 2.67. The lowest BCUT2D eigenvalue weighted by molar-refractivity contribution is -0.153. The maximum absolute atomic E-state index is 12.1. The molecule has 18 heavy (non-hydrogen) atoms. The van der Waals surface area contributed by atoms with Crippen LogP contribution in [-0.4, -0.2) is 30.9 Å². The molecule has 0 saturated heterocycles. The number of hydrogen-bond acceptors (Lipinski definition) is 4. The molecule has 1 rings (SSSR count). The molecule has 0 bridgehead atoms. The van der Waals surface area contributed by atoms with E-state index >= 15 is 0 Å². The Bertz CT molecular complexity index is 433. The number of nitrogens with zero attached hydrogens (tertiary/aromatic N) is 1. The molecule has 0 aliphatic rings. The van der Waals surface area contributed by atoms with Gasteiger partial charge < -0.3 is 9.64 Å². The molecule has 1 heterocycles. The lowest BCUT2D eigenvalue weighted by atomic mass is 10.1. The fourth-order valence-electron chi connectivity index (χ4n) is 1.60. The van der Waals surface area contributed by atoms with E-state index in [-0.39, 0.29) is 5.91 Å². The third kappa shape index (κ3) is 3.81. The van der Waals surface area contributed by atoms with Gasteiger partial charge in [-0.05, 0) is 34.5 Å². The molecule has 0 aliphatic heterocycles. The molecular weight excluding hydrogens is 318 g/mol. The molecule has 1 unspecified atom stereocenters. The highest BCUT2D eigenvalue weighted by atomic mass is 79.9. The van der Waals surface area contributed by atoms with Crippen molar-refractivity contribution >= 4 is 39.1 Å². The zero-order valence-electron chi connectivity index (χ0n) is 10.6. The topological polar surface area (TPSA) is 46.6 Å². The summed E-state index contributed by atoms with van der Waals surface area (Å²) in [5.41, 5.74) is 0. The van der Waals surface area contributed by atoms with Crippen molar-refractivity contribution in [3.63, 3.8) is 0 Å². The highest BCUT2D eigenvalue weighted by molar-refractivity contribution is 9.11. The van der Waals surface area contributed by atoms with E-state index in [9.17, 15) is 9.59 Å². The zero-order chi connectivity index (χ0) is 13.7. The Morgan fingerprint density at radius 3 is 2.61 bits per heavy atom. The molecule has 0 aromatic carbocycles. The van der Waals surface area contributed by atoms with Gasteiger partial charge in [-0.2, -0.15) is 0 Å². The molecule has 0 fully saturated rings. The van der Waals surface area contributed by atoms with Crippen LogP contribution in [0.5, 0.6) is 0 Å². The second-order valence-electron chi connectivity index (χ2n) is 3.88. The maximum atomic E-state index is 12.1. The first kappa shape index (κ1) is 15.2. The molecule has 1 aromatic rings. The van der Waals surface area contributed by atoms with Crippen LogP contribution in [0.2, 0.25) is 0 Å². The molecule has 0 spiro atoms. The average Bonchev–Trinajstić information content (AvgIpc) is 2.75. The lowest BCUT2D eigenvalue weighted by Crippen LogP contribution is -2.36. The minimum atomic E-state index is -0.705. The van der Waals surface area contributed by atoms with Gasteiger partial charge in [-0.15, -0.1) is 11.3 Å². The van der Waals surface area contributed by atoms with Gasteiger partial charge in [0.15, 0.2) is 0 Å². The predicted octanol–water partition coefficient (Wildman–Crippen LogP) is 2.67. The van der Waals surface area contributed by atoms with Crippen LogP contribution in [0.15, 0.2) is 15.9 Å². The van der Waals surface area contributed by atoms with Crippen LogP contribution in [-0.2, 0) is 20.9 Å². The van der Waals surface area contributed by atoms with Gasteiger partial charge in [-0.1, -0.05) is 6.92 Å². The number of ether oxygens (including phenoxy) is 1. The van der Waals surface area contributed by atoms with Crippen molar-refractivity contribution in [2.24, 2.45) is 5.92 Å². The molecule has 1 aromatic heterocycles.